The fraction of sp³-hybridized carbons (Fsp3) is 0. The Balaban J connectivity index is 2.17. The summed E-state index contributed by atoms with van der Waals surface area (Å²) in [5.41, 5.74) is 11.9. The van der Waals surface area contributed by atoms with Crippen molar-refractivity contribution < 1.29 is 4.79 Å². The van der Waals surface area contributed by atoms with Crippen LogP contribution >= 0.6 is 0 Å². The number of amides is 1. The normalized spacial score (nSPS) is 9.88. The van der Waals surface area contributed by atoms with Crippen molar-refractivity contribution in [1.29, 1.82) is 0 Å². The van der Waals surface area contributed by atoms with E-state index in [1.165, 1.54) is 6.33 Å². The third kappa shape index (κ3) is 2.65. The molecule has 0 radical (unpaired) electrons. The average molecular weight is 230 g/mol. The van der Waals surface area contributed by atoms with Crippen molar-refractivity contribution in [3.63, 3.8) is 0 Å². The number of benzene rings is 1. The maximum Gasteiger partial charge on any atom is 0.258 e. The van der Waals surface area contributed by atoms with Crippen LogP contribution < -0.4 is 16.8 Å². The predicted molar refractivity (Wildman–Crippen MR) is 63.0 cm³/mol. The van der Waals surface area contributed by atoms with Crippen molar-refractivity contribution in [2.45, 2.75) is 0 Å². The molecule has 17 heavy (non-hydrogen) atoms. The molecule has 7 heteroatoms. The Hall–Kier alpha value is -2.70. The smallest absolute Gasteiger partial charge is 0.258 e. The number of rotatable bonds is 2. The van der Waals surface area contributed by atoms with E-state index in [1.807, 2.05) is 0 Å². The molecule has 0 unspecified atom stereocenters. The lowest BCUT2D eigenvalue weighted by atomic mass is 10.2. The molecule has 1 aromatic heterocycles. The number of nitrogen functional groups attached to an aromatic ring is 2. The van der Waals surface area contributed by atoms with Crippen molar-refractivity contribution in [3.05, 3.63) is 36.2 Å². The number of aromatic nitrogens is 3. The van der Waals surface area contributed by atoms with E-state index in [0.29, 0.717) is 11.3 Å². The summed E-state index contributed by atoms with van der Waals surface area (Å²) in [5.74, 6) is -0.212. The van der Waals surface area contributed by atoms with Gasteiger partial charge in [0, 0.05) is 11.3 Å². The number of carbonyl (C=O) groups is 1. The zero-order valence-corrected chi connectivity index (χ0v) is 8.79. The zero-order valence-electron chi connectivity index (χ0n) is 8.79. The highest BCUT2D eigenvalue weighted by Crippen LogP contribution is 2.08. The molecular formula is C10H10N6O. The van der Waals surface area contributed by atoms with Gasteiger partial charge in [-0.05, 0) is 18.2 Å². The molecule has 1 heterocycles. The van der Waals surface area contributed by atoms with Gasteiger partial charge in [-0.15, -0.1) is 0 Å². The first-order chi connectivity index (χ1) is 8.15. The summed E-state index contributed by atoms with van der Waals surface area (Å²) < 4.78 is 0. The van der Waals surface area contributed by atoms with Gasteiger partial charge in [0.05, 0.1) is 0 Å². The highest BCUT2D eigenvalue weighted by molar-refractivity contribution is 6.03. The number of carbonyl (C=O) groups excluding carboxylic acids is 1. The van der Waals surface area contributed by atoms with E-state index in [1.54, 1.807) is 24.3 Å². The lowest BCUT2D eigenvalue weighted by Gasteiger charge is -2.03. The molecule has 86 valence electrons. The van der Waals surface area contributed by atoms with Crippen molar-refractivity contribution in [3.8, 4) is 0 Å². The second-order valence-corrected chi connectivity index (χ2v) is 3.25. The van der Waals surface area contributed by atoms with E-state index in [2.05, 4.69) is 20.3 Å². The van der Waals surface area contributed by atoms with E-state index < -0.39 is 0 Å². The van der Waals surface area contributed by atoms with Crippen LogP contribution in [0.4, 0.5) is 17.6 Å². The number of nitrogens with one attached hydrogen (secondary N) is 1. The summed E-state index contributed by atoms with van der Waals surface area (Å²) in [6, 6.07) is 6.57. The highest BCUT2D eigenvalue weighted by Gasteiger charge is 2.07. The van der Waals surface area contributed by atoms with Gasteiger partial charge < -0.3 is 11.5 Å². The van der Waals surface area contributed by atoms with Crippen LogP contribution in [-0.2, 0) is 0 Å². The molecule has 0 bridgehead atoms. The maximum absolute atomic E-state index is 11.8. The molecule has 1 amide bonds. The Morgan fingerprint density at radius 3 is 2.76 bits per heavy atom. The molecule has 1 aromatic carbocycles. The second kappa shape index (κ2) is 4.44. The van der Waals surface area contributed by atoms with Gasteiger partial charge in [0.25, 0.3) is 5.91 Å². The van der Waals surface area contributed by atoms with Crippen LogP contribution in [0.3, 0.4) is 0 Å². The monoisotopic (exact) mass is 230 g/mol. The minimum atomic E-state index is -0.358. The molecule has 7 nitrogen and oxygen atoms in total. The zero-order chi connectivity index (χ0) is 12.3. The quantitative estimate of drug-likeness (QED) is 0.638. The molecule has 2 aromatic rings. The first-order valence-electron chi connectivity index (χ1n) is 4.76. The van der Waals surface area contributed by atoms with Crippen LogP contribution in [0.1, 0.15) is 10.4 Å². The van der Waals surface area contributed by atoms with Crippen molar-refractivity contribution in [1.82, 2.24) is 15.0 Å². The van der Waals surface area contributed by atoms with Crippen molar-refractivity contribution in [2.75, 3.05) is 16.8 Å². The van der Waals surface area contributed by atoms with E-state index >= 15 is 0 Å². The minimum Gasteiger partial charge on any atom is -0.399 e. The number of hydrogen-bond acceptors (Lipinski definition) is 6. The molecule has 0 aliphatic carbocycles. The standard InChI is InChI=1S/C10H10N6O/c11-7-3-1-2-6(4-7)8(17)15-10-14-5-13-9(12)16-10/h1-5H,11H2,(H3,12,13,14,15,16,17). The number of anilines is 3. The summed E-state index contributed by atoms with van der Waals surface area (Å²) in [7, 11) is 0. The van der Waals surface area contributed by atoms with Gasteiger partial charge in [-0.3, -0.25) is 10.1 Å². The topological polar surface area (TPSA) is 120 Å². The molecular weight excluding hydrogens is 220 g/mol. The van der Waals surface area contributed by atoms with E-state index in [-0.39, 0.29) is 17.8 Å². The minimum absolute atomic E-state index is 0.0443. The van der Waals surface area contributed by atoms with E-state index in [4.69, 9.17) is 11.5 Å². The molecule has 0 saturated heterocycles. The summed E-state index contributed by atoms with van der Waals surface area (Å²) in [5, 5.41) is 2.49. The summed E-state index contributed by atoms with van der Waals surface area (Å²) in [6.45, 7) is 0. The molecule has 2 rings (SSSR count). The molecule has 0 fully saturated rings. The van der Waals surface area contributed by atoms with Crippen LogP contribution in [0.25, 0.3) is 0 Å². The van der Waals surface area contributed by atoms with Gasteiger partial charge >= 0.3 is 0 Å². The van der Waals surface area contributed by atoms with Crippen LogP contribution in [0.15, 0.2) is 30.6 Å². The molecule has 0 atom stereocenters. The van der Waals surface area contributed by atoms with E-state index in [9.17, 15) is 4.79 Å². The second-order valence-electron chi connectivity index (χ2n) is 3.25. The lowest BCUT2D eigenvalue weighted by molar-refractivity contribution is 0.102. The highest BCUT2D eigenvalue weighted by atomic mass is 16.1. The molecule has 5 N–H and O–H groups in total. The summed E-state index contributed by atoms with van der Waals surface area (Å²) >= 11 is 0. The van der Waals surface area contributed by atoms with Gasteiger partial charge in [0.1, 0.15) is 6.33 Å². The predicted octanol–water partition coefficient (Wildman–Crippen LogP) is 0.288. The molecule has 0 aliphatic heterocycles. The van der Waals surface area contributed by atoms with Gasteiger partial charge in [-0.25, -0.2) is 9.97 Å². The Labute approximate surface area is 96.9 Å². The van der Waals surface area contributed by atoms with Crippen LogP contribution in [0.2, 0.25) is 0 Å². The third-order valence-electron chi connectivity index (χ3n) is 1.96. The van der Waals surface area contributed by atoms with Gasteiger partial charge in [-0.1, -0.05) is 6.07 Å². The first-order valence-corrected chi connectivity index (χ1v) is 4.76. The Morgan fingerprint density at radius 2 is 2.06 bits per heavy atom. The number of hydrogen-bond donors (Lipinski definition) is 3. The molecule has 0 aliphatic rings. The average Bonchev–Trinajstić information content (AvgIpc) is 2.29. The first kappa shape index (κ1) is 10.8. The van der Waals surface area contributed by atoms with E-state index in [0.717, 1.165) is 0 Å². The molecule has 0 spiro atoms. The number of nitrogens with two attached hydrogens (primary N) is 2. The van der Waals surface area contributed by atoms with Crippen LogP contribution in [0.5, 0.6) is 0 Å². The van der Waals surface area contributed by atoms with Crippen LogP contribution in [0, 0.1) is 0 Å². The fourth-order valence-corrected chi connectivity index (χ4v) is 1.22. The Bertz CT molecular complexity index is 556. The third-order valence-corrected chi connectivity index (χ3v) is 1.96. The van der Waals surface area contributed by atoms with Crippen molar-refractivity contribution in [2.24, 2.45) is 0 Å². The van der Waals surface area contributed by atoms with Gasteiger partial charge in [0.15, 0.2) is 0 Å². The molecule has 0 saturated carbocycles. The summed E-state index contributed by atoms with van der Waals surface area (Å²) in [4.78, 5) is 22.9. The maximum atomic E-state index is 11.8. The SMILES string of the molecule is Nc1cccc(C(=O)Nc2ncnc(N)n2)c1. The van der Waals surface area contributed by atoms with Gasteiger partial charge in [-0.2, -0.15) is 4.98 Å². The Morgan fingerprint density at radius 1 is 1.24 bits per heavy atom. The summed E-state index contributed by atoms with van der Waals surface area (Å²) in [6.07, 6.45) is 1.22. The van der Waals surface area contributed by atoms with Crippen molar-refractivity contribution >= 4 is 23.5 Å². The largest absolute Gasteiger partial charge is 0.399 e. The number of nitrogens with zero attached hydrogens (tertiary/aromatic N) is 3. The van der Waals surface area contributed by atoms with Crippen LogP contribution in [-0.4, -0.2) is 20.9 Å². The fourth-order valence-electron chi connectivity index (χ4n) is 1.22. The van der Waals surface area contributed by atoms with Gasteiger partial charge in [0.2, 0.25) is 11.9 Å². The Kier molecular flexibility index (Phi) is 2.82. The lowest BCUT2D eigenvalue weighted by Crippen LogP contribution is -2.15.